The average Bonchev–Trinajstić information content (AvgIpc) is 3.39. The van der Waals surface area contributed by atoms with Gasteiger partial charge in [-0.3, -0.25) is 9.80 Å². The Morgan fingerprint density at radius 3 is 2.52 bits per heavy atom. The molecule has 2 aliphatic heterocycles. The first-order valence-electron chi connectivity index (χ1n) is 9.96. The Morgan fingerprint density at radius 2 is 1.79 bits per heavy atom. The van der Waals surface area contributed by atoms with E-state index in [1.807, 2.05) is 12.4 Å². The molecule has 0 amide bonds. The second-order valence-corrected chi connectivity index (χ2v) is 8.91. The first kappa shape index (κ1) is 19.2. The zero-order chi connectivity index (χ0) is 19.6. The van der Waals surface area contributed by atoms with E-state index in [0.29, 0.717) is 5.28 Å². The van der Waals surface area contributed by atoms with E-state index in [2.05, 4.69) is 40.7 Å². The Hall–Kier alpha value is -1.78. The third kappa shape index (κ3) is 4.39. The molecule has 1 N–H and O–H groups in total. The third-order valence-electron chi connectivity index (χ3n) is 5.46. The number of morpholine rings is 1. The third-order valence-corrected chi connectivity index (χ3v) is 6.73. The standard InChI is InChI=1S/C19H24ClN7OS/c20-19-23-15-11-14(29-17(15)18(24-19)27-7-9-28-10-8-27)12-25-3-5-26(6-4-25)13-16-21-1-2-22-16/h1-2,11H,3-10,12-13H2,(H,21,22). The number of fused-ring (bicyclic) bond motifs is 1. The molecule has 154 valence electrons. The van der Waals surface area contributed by atoms with Gasteiger partial charge in [-0.1, -0.05) is 0 Å². The number of hydrogen-bond donors (Lipinski definition) is 1. The van der Waals surface area contributed by atoms with E-state index in [4.69, 9.17) is 16.3 Å². The summed E-state index contributed by atoms with van der Waals surface area (Å²) in [7, 11) is 0. The van der Waals surface area contributed by atoms with E-state index in [9.17, 15) is 0 Å². The maximum atomic E-state index is 6.22. The van der Waals surface area contributed by atoms with E-state index in [0.717, 1.165) is 87.4 Å². The number of imidazole rings is 1. The average molecular weight is 434 g/mol. The number of H-pyrrole nitrogens is 1. The van der Waals surface area contributed by atoms with Crippen LogP contribution in [0.2, 0.25) is 5.28 Å². The summed E-state index contributed by atoms with van der Waals surface area (Å²) in [6.07, 6.45) is 3.70. The number of piperazine rings is 1. The van der Waals surface area contributed by atoms with Crippen LogP contribution in [0.5, 0.6) is 0 Å². The number of aromatic nitrogens is 4. The zero-order valence-corrected chi connectivity index (χ0v) is 17.8. The predicted octanol–water partition coefficient (Wildman–Crippen LogP) is 2.22. The number of nitrogens with one attached hydrogen (secondary N) is 1. The molecule has 0 unspecified atom stereocenters. The molecule has 29 heavy (non-hydrogen) atoms. The number of hydrogen-bond acceptors (Lipinski definition) is 8. The van der Waals surface area contributed by atoms with Gasteiger partial charge in [0.2, 0.25) is 5.28 Å². The fraction of sp³-hybridized carbons (Fsp3) is 0.526. The molecule has 2 aliphatic rings. The largest absolute Gasteiger partial charge is 0.378 e. The highest BCUT2D eigenvalue weighted by atomic mass is 35.5. The molecule has 0 radical (unpaired) electrons. The minimum absolute atomic E-state index is 0.315. The second kappa shape index (κ2) is 8.53. The lowest BCUT2D eigenvalue weighted by molar-refractivity contribution is 0.121. The smallest absolute Gasteiger partial charge is 0.224 e. The van der Waals surface area contributed by atoms with Crippen molar-refractivity contribution >= 4 is 39.0 Å². The van der Waals surface area contributed by atoms with E-state index < -0.39 is 0 Å². The maximum absolute atomic E-state index is 6.22. The molecule has 0 spiro atoms. The van der Waals surface area contributed by atoms with Crippen LogP contribution in [0.25, 0.3) is 10.2 Å². The zero-order valence-electron chi connectivity index (χ0n) is 16.2. The summed E-state index contributed by atoms with van der Waals surface area (Å²) in [6, 6.07) is 2.17. The molecule has 2 fully saturated rings. The van der Waals surface area contributed by atoms with Crippen molar-refractivity contribution in [2.75, 3.05) is 57.4 Å². The summed E-state index contributed by atoms with van der Waals surface area (Å²) in [5, 5.41) is 0.315. The van der Waals surface area contributed by atoms with Crippen LogP contribution in [0.4, 0.5) is 5.82 Å². The number of anilines is 1. The molecule has 5 heterocycles. The summed E-state index contributed by atoms with van der Waals surface area (Å²) >= 11 is 8.01. The summed E-state index contributed by atoms with van der Waals surface area (Å²) in [5.41, 5.74) is 0.947. The molecule has 0 aromatic carbocycles. The number of aromatic amines is 1. The van der Waals surface area contributed by atoms with Crippen LogP contribution in [0.1, 0.15) is 10.7 Å². The first-order valence-corrected chi connectivity index (χ1v) is 11.2. The van der Waals surface area contributed by atoms with Gasteiger partial charge in [-0.05, 0) is 17.7 Å². The van der Waals surface area contributed by atoms with Gasteiger partial charge in [0, 0.05) is 63.1 Å². The van der Waals surface area contributed by atoms with Gasteiger partial charge in [-0.15, -0.1) is 11.3 Å². The summed E-state index contributed by atoms with van der Waals surface area (Å²) < 4.78 is 6.61. The lowest BCUT2D eigenvalue weighted by atomic mass is 10.3. The molecule has 5 rings (SSSR count). The Bertz CT molecular complexity index is 949. The molecule has 0 saturated carbocycles. The second-order valence-electron chi connectivity index (χ2n) is 7.43. The van der Waals surface area contributed by atoms with Crippen molar-refractivity contribution < 1.29 is 4.74 Å². The topological polar surface area (TPSA) is 73.4 Å². The summed E-state index contributed by atoms with van der Waals surface area (Å²) in [6.45, 7) is 9.17. The van der Waals surface area contributed by atoms with E-state index >= 15 is 0 Å². The summed E-state index contributed by atoms with van der Waals surface area (Å²) in [4.78, 5) is 25.0. The van der Waals surface area contributed by atoms with Crippen LogP contribution in [0.3, 0.4) is 0 Å². The molecule has 3 aromatic rings. The lowest BCUT2D eigenvalue weighted by Crippen LogP contribution is -2.45. The van der Waals surface area contributed by atoms with Crippen molar-refractivity contribution in [2.24, 2.45) is 0 Å². The van der Waals surface area contributed by atoms with E-state index in [-0.39, 0.29) is 0 Å². The highest BCUT2D eigenvalue weighted by molar-refractivity contribution is 7.19. The molecule has 0 atom stereocenters. The number of thiophene rings is 1. The minimum Gasteiger partial charge on any atom is -0.378 e. The Balaban J connectivity index is 1.26. The van der Waals surface area contributed by atoms with Gasteiger partial charge in [-0.25, -0.2) is 9.97 Å². The van der Waals surface area contributed by atoms with Gasteiger partial charge in [0.05, 0.1) is 30.0 Å². The van der Waals surface area contributed by atoms with Crippen molar-refractivity contribution in [1.82, 2.24) is 29.7 Å². The minimum atomic E-state index is 0.315. The first-order chi connectivity index (χ1) is 14.2. The molecule has 8 nitrogen and oxygen atoms in total. The fourth-order valence-corrected chi connectivity index (χ4v) is 5.25. The van der Waals surface area contributed by atoms with Crippen LogP contribution >= 0.6 is 22.9 Å². The van der Waals surface area contributed by atoms with Gasteiger partial charge >= 0.3 is 0 Å². The lowest BCUT2D eigenvalue weighted by Gasteiger charge is -2.33. The normalized spacial score (nSPS) is 19.3. The fourth-order valence-electron chi connectivity index (χ4n) is 3.93. The van der Waals surface area contributed by atoms with Crippen LogP contribution in [0.15, 0.2) is 18.5 Å². The van der Waals surface area contributed by atoms with Crippen LogP contribution in [0, 0.1) is 0 Å². The van der Waals surface area contributed by atoms with Crippen LogP contribution in [-0.4, -0.2) is 82.2 Å². The quantitative estimate of drug-likeness (QED) is 0.618. The van der Waals surface area contributed by atoms with Crippen LogP contribution in [-0.2, 0) is 17.8 Å². The Labute approximate surface area is 178 Å². The molecule has 0 aliphatic carbocycles. The van der Waals surface area contributed by atoms with Crippen molar-refractivity contribution in [3.8, 4) is 0 Å². The highest BCUT2D eigenvalue weighted by Gasteiger charge is 2.21. The SMILES string of the molecule is Clc1nc(N2CCOCC2)c2sc(CN3CCN(Cc4ncc[nH]4)CC3)cc2n1. The highest BCUT2D eigenvalue weighted by Crippen LogP contribution is 2.34. The number of nitrogens with zero attached hydrogens (tertiary/aromatic N) is 6. The van der Waals surface area contributed by atoms with Gasteiger partial charge < -0.3 is 14.6 Å². The molecular weight excluding hydrogens is 410 g/mol. The molecule has 2 saturated heterocycles. The maximum Gasteiger partial charge on any atom is 0.224 e. The van der Waals surface area contributed by atoms with Crippen molar-refractivity contribution in [1.29, 1.82) is 0 Å². The molecular formula is C19H24ClN7OS. The van der Waals surface area contributed by atoms with Crippen molar-refractivity contribution in [3.63, 3.8) is 0 Å². The monoisotopic (exact) mass is 433 g/mol. The molecule has 10 heteroatoms. The van der Waals surface area contributed by atoms with E-state index in [1.54, 1.807) is 11.3 Å². The molecule has 3 aromatic heterocycles. The van der Waals surface area contributed by atoms with Crippen LogP contribution < -0.4 is 4.90 Å². The predicted molar refractivity (Wildman–Crippen MR) is 115 cm³/mol. The van der Waals surface area contributed by atoms with Crippen molar-refractivity contribution in [3.05, 3.63) is 34.4 Å². The Morgan fingerprint density at radius 1 is 1.03 bits per heavy atom. The van der Waals surface area contributed by atoms with Gasteiger partial charge in [0.1, 0.15) is 5.82 Å². The van der Waals surface area contributed by atoms with E-state index in [1.165, 1.54) is 4.88 Å². The van der Waals surface area contributed by atoms with Gasteiger partial charge in [0.15, 0.2) is 5.82 Å². The molecule has 0 bridgehead atoms. The number of halogens is 1. The number of rotatable bonds is 5. The van der Waals surface area contributed by atoms with Gasteiger partial charge in [0.25, 0.3) is 0 Å². The van der Waals surface area contributed by atoms with Crippen molar-refractivity contribution in [2.45, 2.75) is 13.1 Å². The summed E-state index contributed by atoms with van der Waals surface area (Å²) in [5.74, 6) is 1.98. The Kier molecular flexibility index (Phi) is 5.65. The number of ether oxygens (including phenoxy) is 1. The van der Waals surface area contributed by atoms with Gasteiger partial charge in [-0.2, -0.15) is 4.98 Å².